The van der Waals surface area contributed by atoms with Gasteiger partial charge in [0, 0.05) is 18.0 Å². The summed E-state index contributed by atoms with van der Waals surface area (Å²) >= 11 is 0. The van der Waals surface area contributed by atoms with E-state index >= 15 is 0 Å². The van der Waals surface area contributed by atoms with Crippen molar-refractivity contribution in [3.63, 3.8) is 0 Å². The van der Waals surface area contributed by atoms with Crippen LogP contribution in [0, 0.1) is 5.92 Å². The number of amides is 1. The maximum atomic E-state index is 12.5. The maximum Gasteiger partial charge on any atom is 0.229 e. The monoisotopic (exact) mass is 272 g/mol. The lowest BCUT2D eigenvalue weighted by atomic mass is 10.1. The van der Waals surface area contributed by atoms with Crippen molar-refractivity contribution in [3.8, 4) is 0 Å². The first-order valence-electron chi connectivity index (χ1n) is 7.28. The zero-order valence-corrected chi connectivity index (χ0v) is 12.0. The van der Waals surface area contributed by atoms with Crippen LogP contribution >= 0.6 is 0 Å². The standard InChI is InChI=1S/C16H20N2O2/c1-11(2)10-18(12-7-8-12)16(19)9-14-13-5-3-4-6-15(13)20-17-14/h3-6,11-12H,7-10H2,1-2H3. The first-order chi connectivity index (χ1) is 9.65. The second kappa shape index (κ2) is 5.27. The lowest BCUT2D eigenvalue weighted by Crippen LogP contribution is -2.37. The fraction of sp³-hybridized carbons (Fsp3) is 0.500. The highest BCUT2D eigenvalue weighted by atomic mass is 16.5. The van der Waals surface area contributed by atoms with Crippen LogP contribution in [-0.4, -0.2) is 28.6 Å². The molecule has 0 aliphatic heterocycles. The van der Waals surface area contributed by atoms with E-state index in [1.54, 1.807) is 0 Å². The van der Waals surface area contributed by atoms with E-state index in [1.165, 1.54) is 0 Å². The molecule has 4 heteroatoms. The third-order valence-corrected chi connectivity index (χ3v) is 3.64. The fourth-order valence-corrected chi connectivity index (χ4v) is 2.54. The molecule has 1 aromatic heterocycles. The van der Waals surface area contributed by atoms with E-state index in [0.717, 1.165) is 36.0 Å². The number of nitrogens with zero attached hydrogens (tertiary/aromatic N) is 2. The smallest absolute Gasteiger partial charge is 0.229 e. The Balaban J connectivity index is 1.77. The van der Waals surface area contributed by atoms with Crippen molar-refractivity contribution >= 4 is 16.9 Å². The number of rotatable bonds is 5. The summed E-state index contributed by atoms with van der Waals surface area (Å²) in [6.07, 6.45) is 2.61. The number of hydrogen-bond donors (Lipinski definition) is 0. The van der Waals surface area contributed by atoms with Gasteiger partial charge in [-0.2, -0.15) is 0 Å². The van der Waals surface area contributed by atoms with E-state index in [9.17, 15) is 4.79 Å². The number of aromatic nitrogens is 1. The second-order valence-electron chi connectivity index (χ2n) is 5.97. The second-order valence-corrected chi connectivity index (χ2v) is 5.97. The number of carbonyl (C=O) groups excluding carboxylic acids is 1. The molecule has 20 heavy (non-hydrogen) atoms. The molecule has 1 saturated carbocycles. The van der Waals surface area contributed by atoms with Crippen LogP contribution in [0.25, 0.3) is 11.0 Å². The van der Waals surface area contributed by atoms with E-state index in [1.807, 2.05) is 29.2 Å². The lowest BCUT2D eigenvalue weighted by molar-refractivity contribution is -0.131. The van der Waals surface area contributed by atoms with Crippen LogP contribution < -0.4 is 0 Å². The van der Waals surface area contributed by atoms with Gasteiger partial charge in [-0.3, -0.25) is 4.79 Å². The molecule has 1 heterocycles. The van der Waals surface area contributed by atoms with Crippen LogP contribution in [0.5, 0.6) is 0 Å². The first-order valence-corrected chi connectivity index (χ1v) is 7.28. The Morgan fingerprint density at radius 3 is 2.85 bits per heavy atom. The van der Waals surface area contributed by atoms with Crippen molar-refractivity contribution in [2.75, 3.05) is 6.54 Å². The van der Waals surface area contributed by atoms with Crippen molar-refractivity contribution in [1.29, 1.82) is 0 Å². The summed E-state index contributed by atoms with van der Waals surface area (Å²) in [4.78, 5) is 14.5. The molecular weight excluding hydrogens is 252 g/mol. The van der Waals surface area contributed by atoms with Gasteiger partial charge in [0.15, 0.2) is 5.58 Å². The molecular formula is C16H20N2O2. The number of carbonyl (C=O) groups is 1. The SMILES string of the molecule is CC(C)CN(C(=O)Cc1noc2ccccc12)C1CC1. The highest BCUT2D eigenvalue weighted by Crippen LogP contribution is 2.28. The zero-order valence-electron chi connectivity index (χ0n) is 12.0. The summed E-state index contributed by atoms with van der Waals surface area (Å²) in [7, 11) is 0. The maximum absolute atomic E-state index is 12.5. The minimum absolute atomic E-state index is 0.167. The molecule has 0 spiro atoms. The molecule has 0 N–H and O–H groups in total. The normalized spacial score (nSPS) is 14.9. The van der Waals surface area contributed by atoms with E-state index in [-0.39, 0.29) is 5.91 Å². The Morgan fingerprint density at radius 1 is 1.40 bits per heavy atom. The molecule has 0 radical (unpaired) electrons. The number of hydrogen-bond acceptors (Lipinski definition) is 3. The molecule has 0 saturated heterocycles. The average Bonchev–Trinajstić information content (AvgIpc) is 3.19. The Kier molecular flexibility index (Phi) is 3.47. The van der Waals surface area contributed by atoms with Crippen molar-refractivity contribution in [1.82, 2.24) is 10.1 Å². The molecule has 0 bridgehead atoms. The van der Waals surface area contributed by atoms with Gasteiger partial charge in [-0.1, -0.05) is 31.1 Å². The Bertz CT molecular complexity index is 614. The molecule has 1 aliphatic carbocycles. The molecule has 3 rings (SSSR count). The van der Waals surface area contributed by atoms with Crippen molar-refractivity contribution < 1.29 is 9.32 Å². The minimum Gasteiger partial charge on any atom is -0.356 e. The Labute approximate surface area is 118 Å². The molecule has 1 aromatic carbocycles. The molecule has 1 amide bonds. The summed E-state index contributed by atoms with van der Waals surface area (Å²) < 4.78 is 5.27. The lowest BCUT2D eigenvalue weighted by Gasteiger charge is -2.24. The zero-order chi connectivity index (χ0) is 14.1. The minimum atomic E-state index is 0.167. The number of fused-ring (bicyclic) bond motifs is 1. The Morgan fingerprint density at radius 2 is 2.15 bits per heavy atom. The van der Waals surface area contributed by atoms with E-state index in [2.05, 4.69) is 19.0 Å². The number of para-hydroxylation sites is 1. The van der Waals surface area contributed by atoms with Crippen LogP contribution in [0.4, 0.5) is 0 Å². The molecule has 0 unspecified atom stereocenters. The summed E-state index contributed by atoms with van der Waals surface area (Å²) in [6.45, 7) is 5.13. The van der Waals surface area contributed by atoms with Crippen molar-refractivity contribution in [2.24, 2.45) is 5.92 Å². The molecule has 106 valence electrons. The molecule has 1 aliphatic rings. The third-order valence-electron chi connectivity index (χ3n) is 3.64. The van der Waals surface area contributed by atoms with Gasteiger partial charge in [0.1, 0.15) is 5.69 Å². The van der Waals surface area contributed by atoms with Crippen LogP contribution in [0.2, 0.25) is 0 Å². The topological polar surface area (TPSA) is 46.3 Å². The quantitative estimate of drug-likeness (QED) is 0.840. The number of benzene rings is 1. The van der Waals surface area contributed by atoms with Gasteiger partial charge >= 0.3 is 0 Å². The van der Waals surface area contributed by atoms with Crippen LogP contribution in [0.15, 0.2) is 28.8 Å². The first kappa shape index (κ1) is 13.2. The largest absolute Gasteiger partial charge is 0.356 e. The predicted molar refractivity (Wildman–Crippen MR) is 77.3 cm³/mol. The molecule has 2 aromatic rings. The summed E-state index contributed by atoms with van der Waals surface area (Å²) in [5.74, 6) is 0.661. The van der Waals surface area contributed by atoms with Gasteiger partial charge in [-0.25, -0.2) is 0 Å². The molecule has 4 nitrogen and oxygen atoms in total. The average molecular weight is 272 g/mol. The summed E-state index contributed by atoms with van der Waals surface area (Å²) in [5.41, 5.74) is 1.50. The van der Waals surface area contributed by atoms with Gasteiger partial charge in [0.05, 0.1) is 6.42 Å². The van der Waals surface area contributed by atoms with Gasteiger partial charge in [0.2, 0.25) is 5.91 Å². The van der Waals surface area contributed by atoms with Crippen molar-refractivity contribution in [2.45, 2.75) is 39.2 Å². The van der Waals surface area contributed by atoms with Crippen LogP contribution in [0.1, 0.15) is 32.4 Å². The highest BCUT2D eigenvalue weighted by Gasteiger charge is 2.33. The molecule has 1 fully saturated rings. The Hall–Kier alpha value is -1.84. The molecule has 0 atom stereocenters. The van der Waals surface area contributed by atoms with Crippen LogP contribution in [0.3, 0.4) is 0 Å². The highest BCUT2D eigenvalue weighted by molar-refractivity contribution is 5.86. The van der Waals surface area contributed by atoms with E-state index in [4.69, 9.17) is 4.52 Å². The predicted octanol–water partition coefficient (Wildman–Crippen LogP) is 3.02. The van der Waals surface area contributed by atoms with Gasteiger partial charge in [-0.15, -0.1) is 0 Å². The third kappa shape index (κ3) is 2.69. The van der Waals surface area contributed by atoms with Crippen LogP contribution in [-0.2, 0) is 11.2 Å². The van der Waals surface area contributed by atoms with Gasteiger partial charge in [-0.05, 0) is 30.9 Å². The van der Waals surface area contributed by atoms with Crippen molar-refractivity contribution in [3.05, 3.63) is 30.0 Å². The van der Waals surface area contributed by atoms with Gasteiger partial charge in [0.25, 0.3) is 0 Å². The van der Waals surface area contributed by atoms with E-state index < -0.39 is 0 Å². The summed E-state index contributed by atoms with van der Waals surface area (Å²) in [6, 6.07) is 8.14. The van der Waals surface area contributed by atoms with Gasteiger partial charge < -0.3 is 9.42 Å². The summed E-state index contributed by atoms with van der Waals surface area (Å²) in [5, 5.41) is 5.00. The van der Waals surface area contributed by atoms with E-state index in [0.29, 0.717) is 18.4 Å². The fourth-order valence-electron chi connectivity index (χ4n) is 2.54.